The smallest absolute Gasteiger partial charge is 0.232 e. The Morgan fingerprint density at radius 1 is 1.21 bits per heavy atom. The minimum atomic E-state index is 0.531. The lowest BCUT2D eigenvalue weighted by Crippen LogP contribution is -2.19. The van der Waals surface area contributed by atoms with Gasteiger partial charge in [-0.05, 0) is 27.6 Å². The van der Waals surface area contributed by atoms with E-state index in [1.54, 1.807) is 13.3 Å². The van der Waals surface area contributed by atoms with E-state index < -0.39 is 0 Å². The van der Waals surface area contributed by atoms with Gasteiger partial charge < -0.3 is 9.64 Å². The highest BCUT2D eigenvalue weighted by Crippen LogP contribution is 2.24. The van der Waals surface area contributed by atoms with Gasteiger partial charge in [-0.2, -0.15) is 4.98 Å². The predicted octanol–water partition coefficient (Wildman–Crippen LogP) is 3.65. The largest absolute Gasteiger partial charge is 0.480 e. The fraction of sp³-hybridized carbons (Fsp3) is 0.231. The molecule has 1 heterocycles. The molecule has 2 rings (SSSR count). The molecule has 0 aliphatic heterocycles. The van der Waals surface area contributed by atoms with Crippen LogP contribution in [0, 0.1) is 0 Å². The first-order valence-corrected chi connectivity index (χ1v) is 7.21. The minimum absolute atomic E-state index is 0.531. The fourth-order valence-electron chi connectivity index (χ4n) is 1.62. The van der Waals surface area contributed by atoms with Crippen LogP contribution in [0.15, 0.2) is 39.4 Å². The van der Waals surface area contributed by atoms with Crippen molar-refractivity contribution in [3.8, 4) is 5.88 Å². The Kier molecular flexibility index (Phi) is 4.76. The van der Waals surface area contributed by atoms with E-state index >= 15 is 0 Å². The Labute approximate surface area is 129 Å². The average molecular weight is 387 g/mol. The number of hydrogen-bond acceptors (Lipinski definition) is 4. The van der Waals surface area contributed by atoms with Gasteiger partial charge >= 0.3 is 0 Å². The number of hydrogen-bond donors (Lipinski definition) is 0. The Bertz CT molecular complexity index is 578. The molecule has 1 aromatic heterocycles. The van der Waals surface area contributed by atoms with Gasteiger partial charge in [0.15, 0.2) is 0 Å². The third-order valence-electron chi connectivity index (χ3n) is 2.60. The van der Waals surface area contributed by atoms with Crippen molar-refractivity contribution >= 4 is 37.8 Å². The van der Waals surface area contributed by atoms with E-state index in [2.05, 4.69) is 47.9 Å². The van der Waals surface area contributed by atoms with Crippen LogP contribution in [0.4, 0.5) is 5.95 Å². The summed E-state index contributed by atoms with van der Waals surface area (Å²) in [6, 6.07) is 8.09. The second kappa shape index (κ2) is 6.34. The van der Waals surface area contributed by atoms with Gasteiger partial charge in [0.1, 0.15) is 0 Å². The lowest BCUT2D eigenvalue weighted by Gasteiger charge is -2.18. The second-order valence-electron chi connectivity index (χ2n) is 3.97. The Hall–Kier alpha value is -1.14. The Morgan fingerprint density at radius 3 is 2.63 bits per heavy atom. The van der Waals surface area contributed by atoms with Crippen molar-refractivity contribution in [3.05, 3.63) is 45.0 Å². The van der Waals surface area contributed by atoms with Crippen molar-refractivity contribution in [1.29, 1.82) is 0 Å². The van der Waals surface area contributed by atoms with Gasteiger partial charge in [0.25, 0.3) is 0 Å². The molecule has 0 N–H and O–H groups in total. The van der Waals surface area contributed by atoms with E-state index in [0.29, 0.717) is 18.4 Å². The molecule has 2 aromatic rings. The number of nitrogens with zero attached hydrogens (tertiary/aromatic N) is 3. The Balaban J connectivity index is 2.20. The van der Waals surface area contributed by atoms with Crippen molar-refractivity contribution < 1.29 is 4.74 Å². The summed E-state index contributed by atoms with van der Waals surface area (Å²) in [5, 5.41) is 0. The molecule has 4 nitrogen and oxygen atoms in total. The van der Waals surface area contributed by atoms with Crippen molar-refractivity contribution in [2.24, 2.45) is 0 Å². The van der Waals surface area contributed by atoms with E-state index in [9.17, 15) is 0 Å². The van der Waals surface area contributed by atoms with Gasteiger partial charge in [0.2, 0.25) is 11.8 Å². The highest BCUT2D eigenvalue weighted by molar-refractivity contribution is 9.10. The van der Waals surface area contributed by atoms with Gasteiger partial charge in [-0.15, -0.1) is 0 Å². The van der Waals surface area contributed by atoms with Gasteiger partial charge in [-0.1, -0.05) is 34.1 Å². The lowest BCUT2D eigenvalue weighted by molar-refractivity contribution is 0.394. The highest BCUT2D eigenvalue weighted by atomic mass is 79.9. The number of aromatic nitrogens is 2. The molecule has 0 atom stereocenters. The summed E-state index contributed by atoms with van der Waals surface area (Å²) in [4.78, 5) is 10.6. The summed E-state index contributed by atoms with van der Waals surface area (Å²) in [5.41, 5.74) is 1.18. The molecule has 0 unspecified atom stereocenters. The molecule has 0 spiro atoms. The summed E-state index contributed by atoms with van der Waals surface area (Å²) >= 11 is 6.88. The van der Waals surface area contributed by atoms with Crippen LogP contribution in [-0.4, -0.2) is 24.1 Å². The monoisotopic (exact) mass is 385 g/mol. The normalized spacial score (nSPS) is 10.3. The van der Waals surface area contributed by atoms with Crippen LogP contribution < -0.4 is 9.64 Å². The van der Waals surface area contributed by atoms with Crippen LogP contribution in [0.1, 0.15) is 5.56 Å². The van der Waals surface area contributed by atoms with Gasteiger partial charge in [-0.25, -0.2) is 4.98 Å². The van der Waals surface area contributed by atoms with Crippen LogP contribution in [-0.2, 0) is 6.54 Å². The number of halogens is 2. The molecule has 0 bridgehead atoms. The second-order valence-corrected chi connectivity index (χ2v) is 5.68. The van der Waals surface area contributed by atoms with E-state index in [-0.39, 0.29) is 0 Å². The first-order chi connectivity index (χ1) is 9.11. The first-order valence-electron chi connectivity index (χ1n) is 5.63. The number of ether oxygens (including phenoxy) is 1. The van der Waals surface area contributed by atoms with E-state index in [1.165, 1.54) is 5.56 Å². The molecule has 0 saturated carbocycles. The quantitative estimate of drug-likeness (QED) is 0.803. The molecular formula is C13H13Br2N3O. The zero-order chi connectivity index (χ0) is 13.8. The molecule has 0 amide bonds. The zero-order valence-electron chi connectivity index (χ0n) is 10.6. The standard InChI is InChI=1S/C13H13Br2N3O/c1-18(8-9-5-3-4-6-10(9)14)13-16-7-11(15)12(17-13)19-2/h3-7H,8H2,1-2H3. The summed E-state index contributed by atoms with van der Waals surface area (Å²) in [7, 11) is 3.53. The van der Waals surface area contributed by atoms with Crippen molar-refractivity contribution in [1.82, 2.24) is 9.97 Å². The van der Waals surface area contributed by atoms with E-state index in [0.717, 1.165) is 8.95 Å². The molecule has 6 heteroatoms. The van der Waals surface area contributed by atoms with Crippen LogP contribution in [0.2, 0.25) is 0 Å². The number of rotatable bonds is 4. The average Bonchev–Trinajstić information content (AvgIpc) is 2.42. The molecule has 0 aliphatic carbocycles. The number of benzene rings is 1. The van der Waals surface area contributed by atoms with Crippen molar-refractivity contribution in [2.75, 3.05) is 19.1 Å². The van der Waals surface area contributed by atoms with E-state index in [4.69, 9.17) is 4.74 Å². The number of anilines is 1. The number of methoxy groups -OCH3 is 1. The van der Waals surface area contributed by atoms with Crippen molar-refractivity contribution in [3.63, 3.8) is 0 Å². The van der Waals surface area contributed by atoms with Crippen molar-refractivity contribution in [2.45, 2.75) is 6.54 Å². The predicted molar refractivity (Wildman–Crippen MR) is 82.5 cm³/mol. The van der Waals surface area contributed by atoms with Crippen LogP contribution >= 0.6 is 31.9 Å². The molecule has 0 fully saturated rings. The summed E-state index contributed by atoms with van der Waals surface area (Å²) in [6.45, 7) is 0.714. The Morgan fingerprint density at radius 2 is 1.95 bits per heavy atom. The molecule has 0 saturated heterocycles. The maximum atomic E-state index is 5.18. The molecule has 0 radical (unpaired) electrons. The molecule has 1 aromatic carbocycles. The van der Waals surface area contributed by atoms with Crippen LogP contribution in [0.25, 0.3) is 0 Å². The SMILES string of the molecule is COc1nc(N(C)Cc2ccccc2Br)ncc1Br. The molecule has 0 aliphatic rings. The fourth-order valence-corrected chi connectivity index (χ4v) is 2.39. The lowest BCUT2D eigenvalue weighted by atomic mass is 10.2. The van der Waals surface area contributed by atoms with Gasteiger partial charge in [0, 0.05) is 18.1 Å². The first kappa shape index (κ1) is 14.3. The van der Waals surface area contributed by atoms with Gasteiger partial charge in [0.05, 0.1) is 17.8 Å². The third-order valence-corrected chi connectivity index (χ3v) is 3.92. The summed E-state index contributed by atoms with van der Waals surface area (Å²) in [6.07, 6.45) is 1.69. The van der Waals surface area contributed by atoms with Crippen LogP contribution in [0.5, 0.6) is 5.88 Å². The summed E-state index contributed by atoms with van der Waals surface area (Å²) < 4.78 is 6.99. The third kappa shape index (κ3) is 3.45. The van der Waals surface area contributed by atoms with E-state index in [1.807, 2.05) is 30.1 Å². The van der Waals surface area contributed by atoms with Gasteiger partial charge in [-0.3, -0.25) is 0 Å². The minimum Gasteiger partial charge on any atom is -0.480 e. The topological polar surface area (TPSA) is 38.2 Å². The molecular weight excluding hydrogens is 374 g/mol. The molecule has 100 valence electrons. The van der Waals surface area contributed by atoms with Crippen LogP contribution in [0.3, 0.4) is 0 Å². The maximum Gasteiger partial charge on any atom is 0.232 e. The maximum absolute atomic E-state index is 5.18. The highest BCUT2D eigenvalue weighted by Gasteiger charge is 2.10. The molecule has 19 heavy (non-hydrogen) atoms. The summed E-state index contributed by atoms with van der Waals surface area (Å²) in [5.74, 6) is 1.15. The zero-order valence-corrected chi connectivity index (χ0v) is 13.8.